The summed E-state index contributed by atoms with van der Waals surface area (Å²) in [5.41, 5.74) is 8.13. The standard InChI is InChI=1S/C15H23N3O2/c1-9(2)7-13(16)15(20)18-12-5-6-14(10(3)8-12)17-11(4)19/h5-6,8-9,13H,7,16H2,1-4H3,(H,17,19)(H,18,20)/t13-/m0/s1. The summed E-state index contributed by atoms with van der Waals surface area (Å²) in [5.74, 6) is 0.0637. The smallest absolute Gasteiger partial charge is 0.241 e. The number of aryl methyl sites for hydroxylation is 1. The Morgan fingerprint density at radius 1 is 1.25 bits per heavy atom. The van der Waals surface area contributed by atoms with Crippen LogP contribution in [0.15, 0.2) is 18.2 Å². The summed E-state index contributed by atoms with van der Waals surface area (Å²) in [6.45, 7) is 7.38. The molecule has 1 atom stereocenters. The number of carbonyl (C=O) groups excluding carboxylic acids is 2. The lowest BCUT2D eigenvalue weighted by atomic mass is 10.0. The molecular weight excluding hydrogens is 254 g/mol. The van der Waals surface area contributed by atoms with E-state index < -0.39 is 6.04 Å². The van der Waals surface area contributed by atoms with E-state index in [1.165, 1.54) is 6.92 Å². The highest BCUT2D eigenvalue weighted by atomic mass is 16.2. The van der Waals surface area contributed by atoms with Crippen molar-refractivity contribution in [1.29, 1.82) is 0 Å². The molecule has 0 bridgehead atoms. The lowest BCUT2D eigenvalue weighted by molar-refractivity contribution is -0.117. The van der Waals surface area contributed by atoms with E-state index in [0.717, 1.165) is 11.3 Å². The predicted molar refractivity (Wildman–Crippen MR) is 81.5 cm³/mol. The van der Waals surface area contributed by atoms with Crippen LogP contribution in [0.25, 0.3) is 0 Å². The van der Waals surface area contributed by atoms with E-state index in [9.17, 15) is 9.59 Å². The van der Waals surface area contributed by atoms with Gasteiger partial charge in [0.1, 0.15) is 0 Å². The second kappa shape index (κ2) is 7.05. The summed E-state index contributed by atoms with van der Waals surface area (Å²) in [5, 5.41) is 5.52. The molecule has 0 aliphatic carbocycles. The molecule has 5 nitrogen and oxygen atoms in total. The molecule has 0 aliphatic rings. The molecule has 0 aliphatic heterocycles. The maximum Gasteiger partial charge on any atom is 0.241 e. The first-order valence-electron chi connectivity index (χ1n) is 6.74. The van der Waals surface area contributed by atoms with Gasteiger partial charge in [-0.1, -0.05) is 13.8 Å². The Bertz CT molecular complexity index is 498. The number of benzene rings is 1. The van der Waals surface area contributed by atoms with Crippen molar-refractivity contribution in [3.8, 4) is 0 Å². The molecule has 0 aromatic heterocycles. The molecular formula is C15H23N3O2. The molecule has 0 saturated carbocycles. The first kappa shape index (κ1) is 16.2. The molecule has 1 rings (SSSR count). The number of rotatable bonds is 5. The maximum absolute atomic E-state index is 11.9. The van der Waals surface area contributed by atoms with Gasteiger partial charge in [0.2, 0.25) is 11.8 Å². The summed E-state index contributed by atoms with van der Waals surface area (Å²) >= 11 is 0. The molecule has 1 aromatic carbocycles. The van der Waals surface area contributed by atoms with Gasteiger partial charge in [0.25, 0.3) is 0 Å². The van der Waals surface area contributed by atoms with Gasteiger partial charge >= 0.3 is 0 Å². The van der Waals surface area contributed by atoms with Crippen molar-refractivity contribution < 1.29 is 9.59 Å². The topological polar surface area (TPSA) is 84.2 Å². The lowest BCUT2D eigenvalue weighted by Crippen LogP contribution is -2.36. The molecule has 0 saturated heterocycles. The van der Waals surface area contributed by atoms with Gasteiger partial charge in [0, 0.05) is 18.3 Å². The van der Waals surface area contributed by atoms with Crippen molar-refractivity contribution in [3.63, 3.8) is 0 Å². The van der Waals surface area contributed by atoms with Crippen LogP contribution in [0.5, 0.6) is 0 Å². The third kappa shape index (κ3) is 5.01. The summed E-state index contributed by atoms with van der Waals surface area (Å²) in [6, 6.07) is 4.81. The largest absolute Gasteiger partial charge is 0.326 e. The highest BCUT2D eigenvalue weighted by Gasteiger charge is 2.15. The summed E-state index contributed by atoms with van der Waals surface area (Å²) in [6.07, 6.45) is 0.648. The molecule has 2 amide bonds. The molecule has 0 fully saturated rings. The van der Waals surface area contributed by atoms with E-state index in [2.05, 4.69) is 10.6 Å². The number of carbonyl (C=O) groups is 2. The summed E-state index contributed by atoms with van der Waals surface area (Å²) in [4.78, 5) is 22.9. The molecule has 20 heavy (non-hydrogen) atoms. The molecule has 0 unspecified atom stereocenters. The lowest BCUT2D eigenvalue weighted by Gasteiger charge is -2.15. The van der Waals surface area contributed by atoms with Gasteiger partial charge in [0.05, 0.1) is 6.04 Å². The Kier molecular flexibility index (Phi) is 5.70. The van der Waals surface area contributed by atoms with Crippen LogP contribution in [0.4, 0.5) is 11.4 Å². The monoisotopic (exact) mass is 277 g/mol. The third-order valence-corrected chi connectivity index (χ3v) is 2.87. The highest BCUT2D eigenvalue weighted by Crippen LogP contribution is 2.20. The van der Waals surface area contributed by atoms with Gasteiger partial charge in [-0.25, -0.2) is 0 Å². The van der Waals surface area contributed by atoms with Gasteiger partial charge in [-0.3, -0.25) is 9.59 Å². The zero-order valence-electron chi connectivity index (χ0n) is 12.5. The van der Waals surface area contributed by atoms with Crippen LogP contribution >= 0.6 is 0 Å². The van der Waals surface area contributed by atoms with Crippen LogP contribution in [0.3, 0.4) is 0 Å². The molecule has 0 radical (unpaired) electrons. The summed E-state index contributed by atoms with van der Waals surface area (Å²) < 4.78 is 0. The van der Waals surface area contributed by atoms with E-state index in [0.29, 0.717) is 18.0 Å². The van der Waals surface area contributed by atoms with Crippen LogP contribution in [-0.4, -0.2) is 17.9 Å². The second-order valence-corrected chi connectivity index (χ2v) is 5.44. The van der Waals surface area contributed by atoms with Crippen molar-refractivity contribution in [2.75, 3.05) is 10.6 Å². The third-order valence-electron chi connectivity index (χ3n) is 2.87. The number of anilines is 2. The summed E-state index contributed by atoms with van der Waals surface area (Å²) in [7, 11) is 0. The fourth-order valence-corrected chi connectivity index (χ4v) is 1.92. The maximum atomic E-state index is 11.9. The normalized spacial score (nSPS) is 12.1. The van der Waals surface area contributed by atoms with E-state index in [4.69, 9.17) is 5.73 Å². The van der Waals surface area contributed by atoms with Gasteiger partial charge < -0.3 is 16.4 Å². The Balaban J connectivity index is 2.71. The van der Waals surface area contributed by atoms with Gasteiger partial charge in [-0.05, 0) is 43.0 Å². The molecule has 0 spiro atoms. The minimum atomic E-state index is -0.509. The quantitative estimate of drug-likeness (QED) is 0.772. The Morgan fingerprint density at radius 3 is 2.40 bits per heavy atom. The number of nitrogens with two attached hydrogens (primary N) is 1. The van der Waals surface area contributed by atoms with Crippen LogP contribution in [0.2, 0.25) is 0 Å². The Labute approximate surface area is 119 Å². The fraction of sp³-hybridized carbons (Fsp3) is 0.467. The van der Waals surface area contributed by atoms with Gasteiger partial charge in [-0.2, -0.15) is 0 Å². The Hall–Kier alpha value is -1.88. The van der Waals surface area contributed by atoms with Crippen LogP contribution in [0, 0.1) is 12.8 Å². The molecule has 0 heterocycles. The zero-order chi connectivity index (χ0) is 15.3. The van der Waals surface area contributed by atoms with Gasteiger partial charge in [0.15, 0.2) is 0 Å². The van der Waals surface area contributed by atoms with Crippen LogP contribution in [-0.2, 0) is 9.59 Å². The zero-order valence-corrected chi connectivity index (χ0v) is 12.5. The first-order chi connectivity index (χ1) is 9.29. The molecule has 1 aromatic rings. The number of nitrogens with one attached hydrogen (secondary N) is 2. The van der Waals surface area contributed by atoms with Crippen molar-refractivity contribution in [2.24, 2.45) is 11.7 Å². The van der Waals surface area contributed by atoms with E-state index in [1.807, 2.05) is 26.8 Å². The van der Waals surface area contributed by atoms with E-state index >= 15 is 0 Å². The fourth-order valence-electron chi connectivity index (χ4n) is 1.92. The van der Waals surface area contributed by atoms with Crippen LogP contribution < -0.4 is 16.4 Å². The molecule has 5 heteroatoms. The van der Waals surface area contributed by atoms with Crippen molar-refractivity contribution in [1.82, 2.24) is 0 Å². The SMILES string of the molecule is CC(=O)Nc1ccc(NC(=O)[C@@H](N)CC(C)C)cc1C. The second-order valence-electron chi connectivity index (χ2n) is 5.44. The van der Waals surface area contributed by atoms with Crippen molar-refractivity contribution >= 4 is 23.2 Å². The van der Waals surface area contributed by atoms with Gasteiger partial charge in [-0.15, -0.1) is 0 Å². The molecule has 110 valence electrons. The molecule has 4 N–H and O–H groups in total. The number of amides is 2. The van der Waals surface area contributed by atoms with Crippen molar-refractivity contribution in [3.05, 3.63) is 23.8 Å². The average Bonchev–Trinajstić information content (AvgIpc) is 2.31. The van der Waals surface area contributed by atoms with E-state index in [1.54, 1.807) is 12.1 Å². The number of hydrogen-bond donors (Lipinski definition) is 3. The minimum Gasteiger partial charge on any atom is -0.326 e. The Morgan fingerprint density at radius 2 is 1.90 bits per heavy atom. The predicted octanol–water partition coefficient (Wildman–Crippen LogP) is 2.27. The minimum absolute atomic E-state index is 0.121. The van der Waals surface area contributed by atoms with Crippen LogP contribution in [0.1, 0.15) is 32.8 Å². The van der Waals surface area contributed by atoms with E-state index in [-0.39, 0.29) is 11.8 Å². The number of hydrogen-bond acceptors (Lipinski definition) is 3. The average molecular weight is 277 g/mol. The highest BCUT2D eigenvalue weighted by molar-refractivity contribution is 5.95. The van der Waals surface area contributed by atoms with Crippen molar-refractivity contribution in [2.45, 2.75) is 40.2 Å². The first-order valence-corrected chi connectivity index (χ1v) is 6.74.